The van der Waals surface area contributed by atoms with Gasteiger partial charge in [0.2, 0.25) is 5.91 Å². The Bertz CT molecular complexity index is 884. The molecule has 26 heavy (non-hydrogen) atoms. The molecule has 6 heteroatoms. The van der Waals surface area contributed by atoms with E-state index in [0.29, 0.717) is 13.1 Å². The minimum atomic E-state index is -3.14. The Hall–Kier alpha value is -2.18. The van der Waals surface area contributed by atoms with Gasteiger partial charge >= 0.3 is 0 Å². The lowest BCUT2D eigenvalue weighted by atomic mass is 10.0. The predicted molar refractivity (Wildman–Crippen MR) is 100 cm³/mol. The SMILES string of the molecule is O=C1CN(Cc2ccccc2)[C@H]2CS(=O)(=O)C[C@H]2N1Cc1ccccc1. The zero-order chi connectivity index (χ0) is 18.1. The molecular weight excluding hydrogens is 348 g/mol. The minimum absolute atomic E-state index is 0.00290. The molecule has 2 aliphatic rings. The highest BCUT2D eigenvalue weighted by Crippen LogP contribution is 2.30. The molecule has 0 spiro atoms. The molecule has 5 nitrogen and oxygen atoms in total. The topological polar surface area (TPSA) is 57.7 Å². The van der Waals surface area contributed by atoms with Crippen molar-refractivity contribution in [3.63, 3.8) is 0 Å². The van der Waals surface area contributed by atoms with E-state index in [9.17, 15) is 13.2 Å². The molecule has 0 radical (unpaired) electrons. The first kappa shape index (κ1) is 17.2. The zero-order valence-electron chi connectivity index (χ0n) is 14.5. The van der Waals surface area contributed by atoms with Crippen LogP contribution in [0.1, 0.15) is 11.1 Å². The van der Waals surface area contributed by atoms with E-state index in [1.165, 1.54) is 0 Å². The fourth-order valence-electron chi connectivity index (χ4n) is 4.00. The highest BCUT2D eigenvalue weighted by molar-refractivity contribution is 7.91. The number of hydrogen-bond acceptors (Lipinski definition) is 4. The van der Waals surface area contributed by atoms with E-state index < -0.39 is 9.84 Å². The Morgan fingerprint density at radius 2 is 1.35 bits per heavy atom. The van der Waals surface area contributed by atoms with Crippen molar-refractivity contribution in [1.29, 1.82) is 0 Å². The molecule has 2 saturated heterocycles. The van der Waals surface area contributed by atoms with Gasteiger partial charge in [0.1, 0.15) is 0 Å². The molecule has 2 aromatic carbocycles. The van der Waals surface area contributed by atoms with Gasteiger partial charge in [-0.1, -0.05) is 60.7 Å². The standard InChI is InChI=1S/C20H22N2O3S/c23-20-13-21(11-16-7-3-1-4-8-16)18-14-26(24,25)15-19(18)22(20)12-17-9-5-2-6-10-17/h1-10,18-19H,11-15H2/t18-,19+/m0/s1. The molecule has 0 aliphatic carbocycles. The number of sulfone groups is 1. The van der Waals surface area contributed by atoms with Crippen LogP contribution in [-0.2, 0) is 27.7 Å². The molecule has 2 heterocycles. The summed E-state index contributed by atoms with van der Waals surface area (Å²) in [6, 6.07) is 19.3. The fraction of sp³-hybridized carbons (Fsp3) is 0.350. The summed E-state index contributed by atoms with van der Waals surface area (Å²) in [7, 11) is -3.14. The Morgan fingerprint density at radius 3 is 1.96 bits per heavy atom. The smallest absolute Gasteiger partial charge is 0.237 e. The largest absolute Gasteiger partial charge is 0.332 e. The van der Waals surface area contributed by atoms with Crippen molar-refractivity contribution in [3.05, 3.63) is 71.8 Å². The van der Waals surface area contributed by atoms with Crippen molar-refractivity contribution < 1.29 is 13.2 Å². The third kappa shape index (κ3) is 3.52. The maximum Gasteiger partial charge on any atom is 0.237 e. The minimum Gasteiger partial charge on any atom is -0.332 e. The first-order chi connectivity index (χ1) is 12.5. The lowest BCUT2D eigenvalue weighted by Gasteiger charge is -2.43. The van der Waals surface area contributed by atoms with Crippen LogP contribution in [0.3, 0.4) is 0 Å². The molecule has 4 rings (SSSR count). The first-order valence-electron chi connectivity index (χ1n) is 8.84. The van der Waals surface area contributed by atoms with Gasteiger partial charge in [0.15, 0.2) is 9.84 Å². The average molecular weight is 370 g/mol. The molecule has 0 saturated carbocycles. The van der Waals surface area contributed by atoms with Crippen molar-refractivity contribution in [2.75, 3.05) is 18.1 Å². The number of amides is 1. The van der Waals surface area contributed by atoms with Crippen LogP contribution in [0, 0.1) is 0 Å². The molecule has 0 unspecified atom stereocenters. The van der Waals surface area contributed by atoms with Gasteiger partial charge in [-0.15, -0.1) is 0 Å². The van der Waals surface area contributed by atoms with E-state index >= 15 is 0 Å². The quantitative estimate of drug-likeness (QED) is 0.822. The Labute approximate surface area is 154 Å². The van der Waals surface area contributed by atoms with Crippen LogP contribution in [0.15, 0.2) is 60.7 Å². The molecule has 2 fully saturated rings. The molecule has 2 atom stereocenters. The lowest BCUT2D eigenvalue weighted by Crippen LogP contribution is -2.60. The molecule has 0 N–H and O–H groups in total. The van der Waals surface area contributed by atoms with Gasteiger partial charge in [0.25, 0.3) is 0 Å². The van der Waals surface area contributed by atoms with Crippen molar-refractivity contribution in [2.45, 2.75) is 25.2 Å². The second-order valence-electron chi connectivity index (χ2n) is 7.11. The fourth-order valence-corrected chi connectivity index (χ4v) is 6.01. The summed E-state index contributed by atoms with van der Waals surface area (Å²) >= 11 is 0. The van der Waals surface area contributed by atoms with Gasteiger partial charge in [-0.25, -0.2) is 8.42 Å². The Morgan fingerprint density at radius 1 is 0.808 bits per heavy atom. The van der Waals surface area contributed by atoms with Crippen molar-refractivity contribution in [3.8, 4) is 0 Å². The maximum atomic E-state index is 12.8. The van der Waals surface area contributed by atoms with Gasteiger partial charge in [-0.2, -0.15) is 0 Å². The third-order valence-corrected chi connectivity index (χ3v) is 6.94. The van der Waals surface area contributed by atoms with E-state index in [1.807, 2.05) is 65.6 Å². The number of nitrogens with zero attached hydrogens (tertiary/aromatic N) is 2. The molecule has 1 amide bonds. The number of benzene rings is 2. The number of fused-ring (bicyclic) bond motifs is 1. The molecular formula is C20H22N2O3S. The van der Waals surface area contributed by atoms with Crippen LogP contribution in [0.2, 0.25) is 0 Å². The van der Waals surface area contributed by atoms with E-state index in [2.05, 4.69) is 0 Å². The number of carbonyl (C=O) groups is 1. The number of carbonyl (C=O) groups excluding carboxylic acids is 1. The Balaban J connectivity index is 1.60. The van der Waals surface area contributed by atoms with Gasteiger partial charge in [0, 0.05) is 19.1 Å². The van der Waals surface area contributed by atoms with Gasteiger partial charge in [0.05, 0.1) is 24.1 Å². The summed E-state index contributed by atoms with van der Waals surface area (Å²) in [6.45, 7) is 1.33. The van der Waals surface area contributed by atoms with Crippen LogP contribution in [0.5, 0.6) is 0 Å². The summed E-state index contributed by atoms with van der Waals surface area (Å²) < 4.78 is 24.7. The van der Waals surface area contributed by atoms with Crippen LogP contribution < -0.4 is 0 Å². The second kappa shape index (κ2) is 6.85. The van der Waals surface area contributed by atoms with Gasteiger partial charge < -0.3 is 4.90 Å². The van der Waals surface area contributed by atoms with Crippen molar-refractivity contribution >= 4 is 15.7 Å². The molecule has 0 bridgehead atoms. The average Bonchev–Trinajstić information content (AvgIpc) is 2.96. The second-order valence-corrected chi connectivity index (χ2v) is 9.26. The van der Waals surface area contributed by atoms with Crippen LogP contribution in [0.4, 0.5) is 0 Å². The van der Waals surface area contributed by atoms with Crippen LogP contribution >= 0.6 is 0 Å². The first-order valence-corrected chi connectivity index (χ1v) is 10.7. The molecule has 136 valence electrons. The van der Waals surface area contributed by atoms with Gasteiger partial charge in [-0.05, 0) is 11.1 Å². The lowest BCUT2D eigenvalue weighted by molar-refractivity contribution is -0.142. The molecule has 2 aliphatic heterocycles. The van der Waals surface area contributed by atoms with E-state index in [1.54, 1.807) is 4.90 Å². The maximum absolute atomic E-state index is 12.8. The van der Waals surface area contributed by atoms with Crippen molar-refractivity contribution in [1.82, 2.24) is 9.80 Å². The number of hydrogen-bond donors (Lipinski definition) is 0. The third-order valence-electron chi connectivity index (χ3n) is 5.25. The predicted octanol–water partition coefficient (Wildman–Crippen LogP) is 1.70. The number of piperazine rings is 1. The Kier molecular flexibility index (Phi) is 4.54. The van der Waals surface area contributed by atoms with E-state index in [0.717, 1.165) is 11.1 Å². The van der Waals surface area contributed by atoms with E-state index in [4.69, 9.17) is 0 Å². The number of rotatable bonds is 4. The van der Waals surface area contributed by atoms with Crippen LogP contribution in [0.25, 0.3) is 0 Å². The van der Waals surface area contributed by atoms with Crippen molar-refractivity contribution in [2.24, 2.45) is 0 Å². The summed E-state index contributed by atoms with van der Waals surface area (Å²) in [5.41, 5.74) is 2.13. The summed E-state index contributed by atoms with van der Waals surface area (Å²) in [6.07, 6.45) is 0. The van der Waals surface area contributed by atoms with Crippen LogP contribution in [-0.4, -0.2) is 54.3 Å². The van der Waals surface area contributed by atoms with E-state index in [-0.39, 0.29) is 36.0 Å². The molecule has 2 aromatic rings. The summed E-state index contributed by atoms with van der Waals surface area (Å²) in [5.74, 6) is 0.188. The monoisotopic (exact) mass is 370 g/mol. The van der Waals surface area contributed by atoms with Gasteiger partial charge in [-0.3, -0.25) is 9.69 Å². The molecule has 0 aromatic heterocycles. The highest BCUT2D eigenvalue weighted by Gasteiger charge is 2.49. The summed E-state index contributed by atoms with van der Waals surface area (Å²) in [5, 5.41) is 0. The zero-order valence-corrected chi connectivity index (χ0v) is 15.3. The summed E-state index contributed by atoms with van der Waals surface area (Å²) in [4.78, 5) is 16.6. The highest BCUT2D eigenvalue weighted by atomic mass is 32.2. The normalized spacial score (nSPS) is 25.2.